The van der Waals surface area contributed by atoms with Gasteiger partial charge in [0.2, 0.25) is 18.3 Å². The Bertz CT molecular complexity index is 439. The van der Waals surface area contributed by atoms with Crippen molar-refractivity contribution in [2.24, 2.45) is 0 Å². The summed E-state index contributed by atoms with van der Waals surface area (Å²) in [6.07, 6.45) is 0.496. The Morgan fingerprint density at radius 3 is 2.29 bits per heavy atom. The summed E-state index contributed by atoms with van der Waals surface area (Å²) in [5.74, 6) is -2.30. The number of hydrogen-bond donors (Lipinski definition) is 2. The third-order valence-electron chi connectivity index (χ3n) is 3.79. The molecule has 0 aromatic carbocycles. The Hall–Kier alpha value is -1.35. The fourth-order valence-corrected chi connectivity index (χ4v) is 2.35. The first-order valence-corrected chi connectivity index (χ1v) is 8.41. The van der Waals surface area contributed by atoms with Crippen molar-refractivity contribution in [1.82, 2.24) is 0 Å². The maximum atomic E-state index is 11.3. The fraction of sp³-hybridized carbons (Fsp3) is 0.812. The SMILES string of the molecule is CCCCOC(OCCCC)C1OC[C@@H](C2OC(=O)C(O)=C2O)O1. The van der Waals surface area contributed by atoms with Crippen LogP contribution in [0.2, 0.25) is 0 Å². The van der Waals surface area contributed by atoms with Gasteiger partial charge in [0.1, 0.15) is 6.10 Å². The number of aliphatic hydroxyl groups excluding tert-OH is 2. The van der Waals surface area contributed by atoms with Crippen LogP contribution < -0.4 is 0 Å². The first kappa shape index (κ1) is 19.0. The van der Waals surface area contributed by atoms with E-state index in [4.69, 9.17) is 23.7 Å². The second-order valence-electron chi connectivity index (χ2n) is 5.75. The van der Waals surface area contributed by atoms with Crippen molar-refractivity contribution in [2.45, 2.75) is 64.3 Å². The molecule has 8 nitrogen and oxygen atoms in total. The molecule has 0 radical (unpaired) electrons. The lowest BCUT2D eigenvalue weighted by Crippen LogP contribution is -2.36. The lowest BCUT2D eigenvalue weighted by molar-refractivity contribution is -0.257. The lowest BCUT2D eigenvalue weighted by atomic mass is 10.2. The summed E-state index contributed by atoms with van der Waals surface area (Å²) in [5, 5.41) is 19.1. The van der Waals surface area contributed by atoms with E-state index in [1.807, 2.05) is 0 Å². The van der Waals surface area contributed by atoms with E-state index < -0.39 is 42.3 Å². The van der Waals surface area contributed by atoms with E-state index in [-0.39, 0.29) is 6.61 Å². The van der Waals surface area contributed by atoms with Crippen LogP contribution in [0.1, 0.15) is 39.5 Å². The van der Waals surface area contributed by atoms with Crippen molar-refractivity contribution >= 4 is 5.97 Å². The fourth-order valence-electron chi connectivity index (χ4n) is 2.35. The number of unbranched alkanes of at least 4 members (excludes halogenated alkanes) is 2. The molecular formula is C16H26O8. The van der Waals surface area contributed by atoms with Gasteiger partial charge in [0.25, 0.3) is 0 Å². The normalized spacial score (nSPS) is 27.3. The molecule has 0 aliphatic carbocycles. The average molecular weight is 346 g/mol. The topological polar surface area (TPSA) is 104 Å². The summed E-state index contributed by atoms with van der Waals surface area (Å²) in [7, 11) is 0. The van der Waals surface area contributed by atoms with Crippen LogP contribution in [0.15, 0.2) is 11.5 Å². The summed E-state index contributed by atoms with van der Waals surface area (Å²) in [4.78, 5) is 11.3. The summed E-state index contributed by atoms with van der Waals surface area (Å²) >= 11 is 0. The maximum absolute atomic E-state index is 11.3. The summed E-state index contributed by atoms with van der Waals surface area (Å²) in [6.45, 7) is 5.25. The van der Waals surface area contributed by atoms with Crippen molar-refractivity contribution in [1.29, 1.82) is 0 Å². The van der Waals surface area contributed by atoms with Crippen molar-refractivity contribution < 1.29 is 38.7 Å². The molecule has 0 bridgehead atoms. The van der Waals surface area contributed by atoms with Crippen LogP contribution in [0.25, 0.3) is 0 Å². The summed E-state index contributed by atoms with van der Waals surface area (Å²) in [5.41, 5.74) is 0. The van der Waals surface area contributed by atoms with Crippen LogP contribution >= 0.6 is 0 Å². The van der Waals surface area contributed by atoms with Crippen molar-refractivity contribution in [2.75, 3.05) is 19.8 Å². The Kier molecular flexibility index (Phi) is 7.29. The van der Waals surface area contributed by atoms with Crippen LogP contribution in [-0.2, 0) is 28.5 Å². The van der Waals surface area contributed by atoms with Gasteiger partial charge in [-0.25, -0.2) is 4.79 Å². The number of hydrogen-bond acceptors (Lipinski definition) is 8. The molecule has 2 N–H and O–H groups in total. The molecule has 138 valence electrons. The lowest BCUT2D eigenvalue weighted by Gasteiger charge is -2.24. The van der Waals surface area contributed by atoms with Crippen molar-refractivity contribution in [3.63, 3.8) is 0 Å². The minimum absolute atomic E-state index is 0.0880. The highest BCUT2D eigenvalue weighted by atomic mass is 16.8. The molecule has 0 aromatic rings. The van der Waals surface area contributed by atoms with E-state index in [2.05, 4.69) is 13.8 Å². The standard InChI is InChI=1S/C16H26O8/c1-3-5-7-20-15(21-8-6-4-2)16-22-9-10(23-16)13-11(17)12(18)14(19)24-13/h10,13,15-18H,3-9H2,1-2H3/t10-,13?,16?/m0/s1. The second-order valence-corrected chi connectivity index (χ2v) is 5.75. The summed E-state index contributed by atoms with van der Waals surface area (Å²) in [6, 6.07) is 0. The number of rotatable bonds is 10. The van der Waals surface area contributed by atoms with Gasteiger partial charge in [-0.2, -0.15) is 0 Å². The third-order valence-corrected chi connectivity index (χ3v) is 3.79. The molecule has 1 saturated heterocycles. The minimum Gasteiger partial charge on any atom is -0.505 e. The number of carbonyl (C=O) groups excluding carboxylic acids is 1. The summed E-state index contributed by atoms with van der Waals surface area (Å²) < 4.78 is 27.5. The number of cyclic esters (lactones) is 1. The number of ether oxygens (including phenoxy) is 5. The Morgan fingerprint density at radius 1 is 1.17 bits per heavy atom. The molecule has 3 atom stereocenters. The molecule has 0 spiro atoms. The zero-order valence-electron chi connectivity index (χ0n) is 14.1. The van der Waals surface area contributed by atoms with Crippen LogP contribution in [0.4, 0.5) is 0 Å². The van der Waals surface area contributed by atoms with E-state index in [0.29, 0.717) is 13.2 Å². The largest absolute Gasteiger partial charge is 0.505 e. The van der Waals surface area contributed by atoms with Gasteiger partial charge < -0.3 is 33.9 Å². The first-order valence-electron chi connectivity index (χ1n) is 8.41. The monoisotopic (exact) mass is 346 g/mol. The van der Waals surface area contributed by atoms with Gasteiger partial charge in [0, 0.05) is 13.2 Å². The zero-order valence-corrected chi connectivity index (χ0v) is 14.1. The van der Waals surface area contributed by atoms with E-state index in [1.54, 1.807) is 0 Å². The maximum Gasteiger partial charge on any atom is 0.377 e. The van der Waals surface area contributed by atoms with E-state index in [0.717, 1.165) is 25.7 Å². The molecule has 0 amide bonds. The van der Waals surface area contributed by atoms with Gasteiger partial charge in [-0.15, -0.1) is 0 Å². The number of aliphatic hydroxyl groups is 2. The molecular weight excluding hydrogens is 320 g/mol. The van der Waals surface area contributed by atoms with Gasteiger partial charge >= 0.3 is 5.97 Å². The van der Waals surface area contributed by atoms with Crippen LogP contribution in [0.5, 0.6) is 0 Å². The molecule has 2 heterocycles. The van der Waals surface area contributed by atoms with E-state index >= 15 is 0 Å². The molecule has 0 aromatic heterocycles. The zero-order chi connectivity index (χ0) is 17.5. The Morgan fingerprint density at radius 2 is 1.79 bits per heavy atom. The van der Waals surface area contributed by atoms with Crippen molar-refractivity contribution in [3.8, 4) is 0 Å². The highest BCUT2D eigenvalue weighted by Crippen LogP contribution is 2.29. The molecule has 24 heavy (non-hydrogen) atoms. The van der Waals surface area contributed by atoms with Gasteiger partial charge in [0.15, 0.2) is 11.9 Å². The van der Waals surface area contributed by atoms with Crippen LogP contribution in [0, 0.1) is 0 Å². The highest BCUT2D eigenvalue weighted by Gasteiger charge is 2.46. The predicted molar refractivity (Wildman–Crippen MR) is 82.3 cm³/mol. The predicted octanol–water partition coefficient (Wildman–Crippen LogP) is 1.94. The van der Waals surface area contributed by atoms with E-state index in [9.17, 15) is 15.0 Å². The first-order chi connectivity index (χ1) is 11.6. The van der Waals surface area contributed by atoms with Gasteiger partial charge in [-0.3, -0.25) is 0 Å². The quantitative estimate of drug-likeness (QED) is 0.351. The molecule has 0 saturated carbocycles. The molecule has 2 aliphatic heterocycles. The van der Waals surface area contributed by atoms with Crippen LogP contribution in [-0.4, -0.2) is 60.8 Å². The van der Waals surface area contributed by atoms with Gasteiger partial charge in [-0.05, 0) is 12.8 Å². The van der Waals surface area contributed by atoms with Crippen LogP contribution in [0.3, 0.4) is 0 Å². The highest BCUT2D eigenvalue weighted by molar-refractivity contribution is 5.89. The second kappa shape index (κ2) is 9.22. The van der Waals surface area contributed by atoms with Gasteiger partial charge in [0.05, 0.1) is 6.61 Å². The van der Waals surface area contributed by atoms with Crippen molar-refractivity contribution in [3.05, 3.63) is 11.5 Å². The molecule has 1 fully saturated rings. The number of carbonyl (C=O) groups is 1. The van der Waals surface area contributed by atoms with E-state index in [1.165, 1.54) is 0 Å². The molecule has 2 aliphatic rings. The molecule has 2 unspecified atom stereocenters. The molecule has 8 heteroatoms. The smallest absolute Gasteiger partial charge is 0.377 e. The number of esters is 1. The Labute approximate surface area is 141 Å². The molecule has 2 rings (SSSR count). The third kappa shape index (κ3) is 4.60. The van der Waals surface area contributed by atoms with Gasteiger partial charge in [-0.1, -0.05) is 26.7 Å². The Balaban J connectivity index is 1.90. The minimum atomic E-state index is -1.07. The average Bonchev–Trinajstić information content (AvgIpc) is 3.15.